The van der Waals surface area contributed by atoms with Crippen molar-refractivity contribution in [1.82, 2.24) is 4.72 Å². The van der Waals surface area contributed by atoms with E-state index in [0.717, 1.165) is 0 Å². The van der Waals surface area contributed by atoms with Crippen LogP contribution in [-0.2, 0) is 14.8 Å². The summed E-state index contributed by atoms with van der Waals surface area (Å²) in [6.45, 7) is 3.10. The Morgan fingerprint density at radius 3 is 2.21 bits per heavy atom. The van der Waals surface area contributed by atoms with Crippen molar-refractivity contribution >= 4 is 16.0 Å². The van der Waals surface area contributed by atoms with E-state index in [1.54, 1.807) is 13.8 Å². The maximum atomic E-state index is 11.1. The van der Waals surface area contributed by atoms with Crippen LogP contribution in [0.25, 0.3) is 0 Å². The number of sulfonamides is 1. The Morgan fingerprint density at radius 1 is 1.43 bits per heavy atom. The minimum absolute atomic E-state index is 0.0939. The monoisotopic (exact) mass is 225 g/mol. The summed E-state index contributed by atoms with van der Waals surface area (Å²) in [5, 5.41) is 17.1. The quantitative estimate of drug-likeness (QED) is 0.538. The molecule has 0 aliphatic carbocycles. The summed E-state index contributed by atoms with van der Waals surface area (Å²) in [5.41, 5.74) is 0. The van der Waals surface area contributed by atoms with Gasteiger partial charge in [-0.2, -0.15) is 0 Å². The van der Waals surface area contributed by atoms with Crippen molar-refractivity contribution < 1.29 is 23.4 Å². The first kappa shape index (κ1) is 13.3. The lowest BCUT2D eigenvalue weighted by atomic mass is 10.1. The highest BCUT2D eigenvalue weighted by Gasteiger charge is 2.22. The number of hydrogen-bond donors (Lipinski definition) is 3. The van der Waals surface area contributed by atoms with Gasteiger partial charge in [-0.25, -0.2) is 13.1 Å². The molecule has 0 amide bonds. The third-order valence-electron chi connectivity index (χ3n) is 1.65. The molecular formula is C7H15NO5S. The van der Waals surface area contributed by atoms with E-state index in [2.05, 4.69) is 4.72 Å². The molecule has 6 nitrogen and oxygen atoms in total. The Hall–Kier alpha value is -0.660. The molecular weight excluding hydrogens is 210 g/mol. The zero-order valence-electron chi connectivity index (χ0n) is 8.10. The van der Waals surface area contributed by atoms with E-state index in [-0.39, 0.29) is 12.5 Å². The Kier molecular flexibility index (Phi) is 5.03. The second-order valence-electron chi connectivity index (χ2n) is 3.30. The van der Waals surface area contributed by atoms with Crippen LogP contribution in [0.15, 0.2) is 0 Å². The summed E-state index contributed by atoms with van der Waals surface area (Å²) in [6, 6.07) is -0.639. The highest BCUT2D eigenvalue weighted by Crippen LogP contribution is 2.02. The van der Waals surface area contributed by atoms with Gasteiger partial charge >= 0.3 is 5.97 Å². The van der Waals surface area contributed by atoms with Gasteiger partial charge in [0.25, 0.3) is 0 Å². The molecule has 0 unspecified atom stereocenters. The number of rotatable bonds is 6. The summed E-state index contributed by atoms with van der Waals surface area (Å²) in [4.78, 5) is 10.2. The van der Waals surface area contributed by atoms with Gasteiger partial charge in [0.1, 0.15) is 0 Å². The number of carboxylic acid groups (broad SMARTS) is 1. The van der Waals surface area contributed by atoms with Crippen LogP contribution in [0.5, 0.6) is 0 Å². The van der Waals surface area contributed by atoms with E-state index in [1.165, 1.54) is 0 Å². The molecule has 1 atom stereocenters. The molecule has 0 aromatic heterocycles. The van der Waals surface area contributed by atoms with Crippen LogP contribution in [0, 0.1) is 5.92 Å². The lowest BCUT2D eigenvalue weighted by molar-refractivity contribution is -0.134. The smallest absolute Gasteiger partial charge is 0.320 e. The van der Waals surface area contributed by atoms with Gasteiger partial charge in [0.15, 0.2) is 5.75 Å². The van der Waals surface area contributed by atoms with Crippen molar-refractivity contribution in [3.63, 3.8) is 0 Å². The van der Waals surface area contributed by atoms with E-state index < -0.39 is 27.8 Å². The van der Waals surface area contributed by atoms with Gasteiger partial charge in [-0.1, -0.05) is 13.8 Å². The predicted molar refractivity (Wildman–Crippen MR) is 50.3 cm³/mol. The number of aliphatic hydroxyl groups excluding tert-OH is 1. The molecule has 0 aliphatic heterocycles. The zero-order valence-corrected chi connectivity index (χ0v) is 8.91. The van der Waals surface area contributed by atoms with Gasteiger partial charge < -0.3 is 10.2 Å². The third-order valence-corrected chi connectivity index (χ3v) is 2.93. The molecule has 0 rings (SSSR count). The lowest BCUT2D eigenvalue weighted by Crippen LogP contribution is -2.43. The van der Waals surface area contributed by atoms with Crippen molar-refractivity contribution in [2.45, 2.75) is 19.9 Å². The molecule has 0 saturated heterocycles. The van der Waals surface area contributed by atoms with Crippen molar-refractivity contribution in [3.8, 4) is 0 Å². The van der Waals surface area contributed by atoms with Crippen molar-refractivity contribution in [3.05, 3.63) is 0 Å². The van der Waals surface area contributed by atoms with Crippen LogP contribution in [-0.4, -0.2) is 43.0 Å². The lowest BCUT2D eigenvalue weighted by Gasteiger charge is -2.18. The maximum absolute atomic E-state index is 11.1. The summed E-state index contributed by atoms with van der Waals surface area (Å²) >= 11 is 0. The molecule has 0 aromatic carbocycles. The minimum atomic E-state index is -3.85. The second-order valence-corrected chi connectivity index (χ2v) is 5.06. The zero-order chi connectivity index (χ0) is 11.4. The molecule has 0 bridgehead atoms. The average Bonchev–Trinajstić information content (AvgIpc) is 1.97. The minimum Gasteiger partial charge on any atom is -0.480 e. The molecule has 0 saturated carbocycles. The molecule has 0 fully saturated rings. The van der Waals surface area contributed by atoms with Gasteiger partial charge in [-0.05, 0) is 5.92 Å². The molecule has 84 valence electrons. The van der Waals surface area contributed by atoms with Gasteiger partial charge in [0.2, 0.25) is 10.0 Å². The van der Waals surface area contributed by atoms with E-state index in [0.29, 0.717) is 0 Å². The molecule has 3 N–H and O–H groups in total. The van der Waals surface area contributed by atoms with Crippen LogP contribution in [0.2, 0.25) is 0 Å². The van der Waals surface area contributed by atoms with Crippen molar-refractivity contribution in [2.75, 3.05) is 12.4 Å². The molecule has 0 spiro atoms. The maximum Gasteiger partial charge on any atom is 0.320 e. The number of carbonyl (C=O) groups is 1. The number of carboxylic acids is 1. The fourth-order valence-electron chi connectivity index (χ4n) is 0.819. The normalized spacial score (nSPS) is 14.3. The van der Waals surface area contributed by atoms with Crippen LogP contribution in [0.1, 0.15) is 13.8 Å². The van der Waals surface area contributed by atoms with E-state index in [9.17, 15) is 13.2 Å². The first-order valence-corrected chi connectivity index (χ1v) is 5.76. The summed E-state index contributed by atoms with van der Waals surface area (Å²) in [5.74, 6) is -2.49. The highest BCUT2D eigenvalue weighted by molar-refractivity contribution is 7.90. The molecule has 0 aromatic rings. The Morgan fingerprint density at radius 2 is 1.93 bits per heavy atom. The third kappa shape index (κ3) is 5.15. The predicted octanol–water partition coefficient (Wildman–Crippen LogP) is -0.993. The van der Waals surface area contributed by atoms with E-state index >= 15 is 0 Å². The Balaban J connectivity index is 4.41. The van der Waals surface area contributed by atoms with Crippen LogP contribution < -0.4 is 4.72 Å². The molecule has 7 heteroatoms. The summed E-state index contributed by atoms with van der Waals surface area (Å²) in [6.07, 6.45) is 0. The fourth-order valence-corrected chi connectivity index (χ4v) is 2.04. The van der Waals surface area contributed by atoms with Gasteiger partial charge in [-0.3, -0.25) is 4.79 Å². The van der Waals surface area contributed by atoms with Crippen molar-refractivity contribution in [2.24, 2.45) is 5.92 Å². The van der Waals surface area contributed by atoms with E-state index in [1.807, 2.05) is 0 Å². The SMILES string of the molecule is CC(C)[C@@H](CO)NS(=O)(=O)CC(=O)O. The second kappa shape index (κ2) is 5.28. The van der Waals surface area contributed by atoms with Crippen LogP contribution in [0.4, 0.5) is 0 Å². The van der Waals surface area contributed by atoms with Gasteiger partial charge in [-0.15, -0.1) is 0 Å². The van der Waals surface area contributed by atoms with Crippen molar-refractivity contribution in [1.29, 1.82) is 0 Å². The van der Waals surface area contributed by atoms with E-state index in [4.69, 9.17) is 10.2 Å². The van der Waals surface area contributed by atoms with Gasteiger partial charge in [0, 0.05) is 6.04 Å². The molecule has 14 heavy (non-hydrogen) atoms. The number of hydrogen-bond acceptors (Lipinski definition) is 4. The first-order valence-electron chi connectivity index (χ1n) is 4.11. The average molecular weight is 225 g/mol. The topological polar surface area (TPSA) is 104 Å². The standard InChI is InChI=1S/C7H15NO5S/c1-5(2)6(3-9)8-14(12,13)4-7(10)11/h5-6,8-9H,3-4H2,1-2H3,(H,10,11)/t6-/m1/s1. The highest BCUT2D eigenvalue weighted by atomic mass is 32.2. The molecule has 0 radical (unpaired) electrons. The first-order chi connectivity index (χ1) is 6.28. The van der Waals surface area contributed by atoms with Crippen LogP contribution in [0.3, 0.4) is 0 Å². The molecule has 0 aliphatic rings. The Bertz CT molecular complexity index is 284. The summed E-state index contributed by atoms with van der Waals surface area (Å²) < 4.78 is 24.3. The number of aliphatic carboxylic acids is 1. The largest absolute Gasteiger partial charge is 0.480 e. The van der Waals surface area contributed by atoms with Crippen LogP contribution >= 0.6 is 0 Å². The number of aliphatic hydroxyl groups is 1. The number of nitrogens with one attached hydrogen (secondary N) is 1. The fraction of sp³-hybridized carbons (Fsp3) is 0.857. The Labute approximate surface area is 83.0 Å². The summed E-state index contributed by atoms with van der Waals surface area (Å²) in [7, 11) is -3.85. The molecule has 0 heterocycles. The van der Waals surface area contributed by atoms with Gasteiger partial charge in [0.05, 0.1) is 6.61 Å².